The zero-order valence-electron chi connectivity index (χ0n) is 9.86. The van der Waals surface area contributed by atoms with Crippen LogP contribution in [0.2, 0.25) is 0 Å². The molecule has 0 fully saturated rings. The van der Waals surface area contributed by atoms with Crippen LogP contribution < -0.4 is 15.4 Å². The highest BCUT2D eigenvalue weighted by molar-refractivity contribution is 9.10. The van der Waals surface area contributed by atoms with Crippen LogP contribution in [0.4, 0.5) is 10.5 Å². The molecule has 1 aromatic rings. The number of amides is 2. The van der Waals surface area contributed by atoms with Gasteiger partial charge in [-0.1, -0.05) is 15.9 Å². The molecule has 98 valence electrons. The highest BCUT2D eigenvalue weighted by atomic mass is 79.9. The fourth-order valence-electron chi connectivity index (χ4n) is 1.19. The van der Waals surface area contributed by atoms with Crippen molar-refractivity contribution in [3.63, 3.8) is 0 Å². The molecule has 0 bridgehead atoms. The third-order valence-electron chi connectivity index (χ3n) is 2.13. The van der Waals surface area contributed by atoms with Crippen LogP contribution in [-0.2, 0) is 4.79 Å². The number of hydrogen-bond donors (Lipinski definition) is 3. The Balaban J connectivity index is 2.75. The van der Waals surface area contributed by atoms with Gasteiger partial charge in [0, 0.05) is 4.47 Å². The largest absolute Gasteiger partial charge is 0.495 e. The molecule has 18 heavy (non-hydrogen) atoms. The fourth-order valence-corrected chi connectivity index (χ4v) is 1.56. The average molecular weight is 317 g/mol. The van der Waals surface area contributed by atoms with Gasteiger partial charge in [-0.05, 0) is 25.1 Å². The molecule has 1 rings (SSSR count). The summed E-state index contributed by atoms with van der Waals surface area (Å²) in [6.07, 6.45) is 0. The van der Waals surface area contributed by atoms with Crippen LogP contribution in [0.15, 0.2) is 22.7 Å². The number of carboxylic acid groups (broad SMARTS) is 1. The highest BCUT2D eigenvalue weighted by Gasteiger charge is 2.15. The number of aliphatic carboxylic acids is 1. The molecule has 0 aromatic heterocycles. The smallest absolute Gasteiger partial charge is 0.325 e. The van der Waals surface area contributed by atoms with Gasteiger partial charge in [-0.15, -0.1) is 0 Å². The van der Waals surface area contributed by atoms with Gasteiger partial charge in [0.05, 0.1) is 12.8 Å². The molecule has 0 radical (unpaired) electrons. The lowest BCUT2D eigenvalue weighted by Gasteiger charge is -2.13. The van der Waals surface area contributed by atoms with Crippen LogP contribution in [0.25, 0.3) is 0 Å². The third-order valence-corrected chi connectivity index (χ3v) is 2.62. The van der Waals surface area contributed by atoms with Crippen LogP contribution >= 0.6 is 15.9 Å². The molecule has 0 unspecified atom stereocenters. The molecule has 0 saturated carbocycles. The number of ether oxygens (including phenoxy) is 1. The molecular weight excluding hydrogens is 304 g/mol. The molecule has 1 aromatic carbocycles. The van der Waals surface area contributed by atoms with E-state index in [1.165, 1.54) is 14.0 Å². The van der Waals surface area contributed by atoms with Gasteiger partial charge in [-0.2, -0.15) is 0 Å². The summed E-state index contributed by atoms with van der Waals surface area (Å²) in [5.74, 6) is -0.623. The van der Waals surface area contributed by atoms with Crippen LogP contribution in [0, 0.1) is 0 Å². The number of carboxylic acids is 1. The van der Waals surface area contributed by atoms with Crippen molar-refractivity contribution in [1.29, 1.82) is 0 Å². The fraction of sp³-hybridized carbons (Fsp3) is 0.273. The lowest BCUT2D eigenvalue weighted by Crippen LogP contribution is -2.40. The Morgan fingerprint density at radius 2 is 2.11 bits per heavy atom. The Morgan fingerprint density at radius 1 is 1.44 bits per heavy atom. The molecule has 1 atom stereocenters. The molecule has 0 aliphatic carbocycles. The number of nitrogens with one attached hydrogen (secondary N) is 2. The van der Waals surface area contributed by atoms with Crippen LogP contribution in [0.3, 0.4) is 0 Å². The molecule has 0 aliphatic rings. The molecule has 0 saturated heterocycles. The monoisotopic (exact) mass is 316 g/mol. The molecule has 7 heteroatoms. The van der Waals surface area contributed by atoms with Gasteiger partial charge in [0.15, 0.2) is 0 Å². The first-order valence-electron chi connectivity index (χ1n) is 5.08. The Morgan fingerprint density at radius 3 is 2.67 bits per heavy atom. The van der Waals surface area contributed by atoms with Gasteiger partial charge in [0.2, 0.25) is 0 Å². The normalized spacial score (nSPS) is 11.5. The molecular formula is C11H13BrN2O4. The second-order valence-electron chi connectivity index (χ2n) is 3.50. The Hall–Kier alpha value is -1.76. The molecule has 0 aliphatic heterocycles. The molecule has 6 nitrogen and oxygen atoms in total. The van der Waals surface area contributed by atoms with E-state index in [0.29, 0.717) is 11.4 Å². The quantitative estimate of drug-likeness (QED) is 0.793. The summed E-state index contributed by atoms with van der Waals surface area (Å²) in [5, 5.41) is 13.5. The lowest BCUT2D eigenvalue weighted by atomic mass is 10.3. The van der Waals surface area contributed by atoms with E-state index < -0.39 is 18.0 Å². The number of anilines is 1. The first kappa shape index (κ1) is 14.3. The summed E-state index contributed by atoms with van der Waals surface area (Å²) >= 11 is 3.27. The van der Waals surface area contributed by atoms with Crippen molar-refractivity contribution >= 4 is 33.6 Å². The molecule has 2 amide bonds. The SMILES string of the molecule is COc1ccc(Br)cc1NC(=O)N[C@H](C)C(=O)O. The van der Waals surface area contributed by atoms with Crippen molar-refractivity contribution in [3.8, 4) is 5.75 Å². The summed E-state index contributed by atoms with van der Waals surface area (Å²) < 4.78 is 5.84. The zero-order valence-corrected chi connectivity index (χ0v) is 11.4. The van der Waals surface area contributed by atoms with Gasteiger partial charge < -0.3 is 20.5 Å². The van der Waals surface area contributed by atoms with Crippen molar-refractivity contribution in [1.82, 2.24) is 5.32 Å². The Bertz CT molecular complexity index is 464. The topological polar surface area (TPSA) is 87.7 Å². The average Bonchev–Trinajstić information content (AvgIpc) is 2.28. The minimum atomic E-state index is -1.11. The number of methoxy groups -OCH3 is 1. The summed E-state index contributed by atoms with van der Waals surface area (Å²) in [7, 11) is 1.48. The van der Waals surface area contributed by atoms with Crippen molar-refractivity contribution in [2.24, 2.45) is 0 Å². The van der Waals surface area contributed by atoms with Gasteiger partial charge in [-0.3, -0.25) is 4.79 Å². The minimum absolute atomic E-state index is 0.446. The van der Waals surface area contributed by atoms with E-state index in [0.717, 1.165) is 4.47 Å². The van der Waals surface area contributed by atoms with E-state index in [2.05, 4.69) is 26.6 Å². The molecule has 3 N–H and O–H groups in total. The Kier molecular flexibility index (Phi) is 4.96. The van der Waals surface area contributed by atoms with Crippen molar-refractivity contribution in [2.45, 2.75) is 13.0 Å². The molecule has 0 heterocycles. The second kappa shape index (κ2) is 6.25. The third kappa shape index (κ3) is 3.92. The second-order valence-corrected chi connectivity index (χ2v) is 4.42. The van der Waals surface area contributed by atoms with Gasteiger partial charge in [-0.25, -0.2) is 4.79 Å². The maximum absolute atomic E-state index is 11.6. The number of urea groups is 1. The highest BCUT2D eigenvalue weighted by Crippen LogP contribution is 2.27. The van der Waals surface area contributed by atoms with Gasteiger partial charge in [0.1, 0.15) is 11.8 Å². The Labute approximate surface area is 112 Å². The van der Waals surface area contributed by atoms with Crippen molar-refractivity contribution in [3.05, 3.63) is 22.7 Å². The summed E-state index contributed by atoms with van der Waals surface area (Å²) in [6.45, 7) is 1.38. The van der Waals surface area contributed by atoms with Crippen molar-refractivity contribution in [2.75, 3.05) is 12.4 Å². The van der Waals surface area contributed by atoms with E-state index in [-0.39, 0.29) is 0 Å². The number of carbonyl (C=O) groups is 2. The summed E-state index contributed by atoms with van der Waals surface area (Å²) in [4.78, 5) is 22.1. The number of benzene rings is 1. The van der Waals surface area contributed by atoms with Crippen molar-refractivity contribution < 1.29 is 19.4 Å². The van der Waals surface area contributed by atoms with E-state index in [4.69, 9.17) is 9.84 Å². The van der Waals surface area contributed by atoms with Crippen LogP contribution in [-0.4, -0.2) is 30.3 Å². The number of halogens is 1. The van der Waals surface area contributed by atoms with Gasteiger partial charge in [0.25, 0.3) is 0 Å². The van der Waals surface area contributed by atoms with E-state index in [9.17, 15) is 9.59 Å². The maximum atomic E-state index is 11.6. The standard InChI is InChI=1S/C11H13BrN2O4/c1-6(10(15)16)13-11(17)14-8-5-7(12)3-4-9(8)18-2/h3-6H,1-2H3,(H,15,16)(H2,13,14,17)/t6-/m1/s1. The maximum Gasteiger partial charge on any atom is 0.325 e. The summed E-state index contributed by atoms with van der Waals surface area (Å²) in [6, 6.07) is 3.52. The minimum Gasteiger partial charge on any atom is -0.495 e. The van der Waals surface area contributed by atoms with Gasteiger partial charge >= 0.3 is 12.0 Å². The predicted octanol–water partition coefficient (Wildman–Crippen LogP) is 2.05. The van der Waals surface area contributed by atoms with Crippen LogP contribution in [0.5, 0.6) is 5.75 Å². The number of rotatable bonds is 4. The lowest BCUT2D eigenvalue weighted by molar-refractivity contribution is -0.138. The molecule has 0 spiro atoms. The first-order valence-corrected chi connectivity index (χ1v) is 5.87. The zero-order chi connectivity index (χ0) is 13.7. The van der Waals surface area contributed by atoms with E-state index in [1.807, 2.05) is 0 Å². The number of carbonyl (C=O) groups excluding carboxylic acids is 1. The first-order chi connectivity index (χ1) is 8.43. The van der Waals surface area contributed by atoms with E-state index in [1.54, 1.807) is 18.2 Å². The number of hydrogen-bond acceptors (Lipinski definition) is 3. The summed E-state index contributed by atoms with van der Waals surface area (Å²) in [5.41, 5.74) is 0.446. The van der Waals surface area contributed by atoms with Crippen LogP contribution in [0.1, 0.15) is 6.92 Å². The predicted molar refractivity (Wildman–Crippen MR) is 69.9 cm³/mol. The van der Waals surface area contributed by atoms with E-state index >= 15 is 0 Å².